The molecule has 1 unspecified atom stereocenters. The molecule has 16 heteroatoms. The minimum Gasteiger partial charge on any atom is -0.488 e. The first kappa shape index (κ1) is 37.4. The van der Waals surface area contributed by atoms with Crippen LogP contribution in [0.2, 0.25) is 0 Å². The minimum atomic E-state index is -0.983. The predicted molar refractivity (Wildman–Crippen MR) is 217 cm³/mol. The number of imide groups is 2. The van der Waals surface area contributed by atoms with Gasteiger partial charge in [-0.05, 0) is 87.3 Å². The Morgan fingerprint density at radius 3 is 2.39 bits per heavy atom. The Kier molecular flexibility index (Phi) is 9.33. The highest BCUT2D eigenvalue weighted by Gasteiger charge is 2.45. The van der Waals surface area contributed by atoms with Gasteiger partial charge in [0, 0.05) is 88.9 Å². The van der Waals surface area contributed by atoms with Gasteiger partial charge in [0.1, 0.15) is 35.2 Å². The zero-order valence-corrected chi connectivity index (χ0v) is 33.2. The molecular weight excluding hydrogens is 753 g/mol. The lowest BCUT2D eigenvalue weighted by Gasteiger charge is -2.37. The summed E-state index contributed by atoms with van der Waals surface area (Å²) in [5.41, 5.74) is 3.86. The van der Waals surface area contributed by atoms with Crippen LogP contribution < -0.4 is 19.9 Å². The number of anilines is 2. The van der Waals surface area contributed by atoms with Gasteiger partial charge in [0.25, 0.3) is 11.8 Å². The number of aromatic amines is 1. The van der Waals surface area contributed by atoms with E-state index >= 15 is 0 Å². The van der Waals surface area contributed by atoms with E-state index in [1.807, 2.05) is 30.3 Å². The van der Waals surface area contributed by atoms with Gasteiger partial charge in [-0.25, -0.2) is 9.97 Å². The molecule has 7 heterocycles. The van der Waals surface area contributed by atoms with Gasteiger partial charge < -0.3 is 19.4 Å². The molecule has 5 aliphatic heterocycles. The number of rotatable bonds is 10. The third-order valence-corrected chi connectivity index (χ3v) is 13.1. The molecule has 0 bridgehead atoms. The lowest BCUT2D eigenvalue weighted by Crippen LogP contribution is -2.54. The first-order chi connectivity index (χ1) is 28.6. The van der Waals surface area contributed by atoms with Gasteiger partial charge in [0.2, 0.25) is 17.7 Å². The van der Waals surface area contributed by atoms with E-state index in [4.69, 9.17) is 4.74 Å². The Hall–Kier alpha value is -5.90. The number of fused-ring (bicyclic) bond motifs is 2. The van der Waals surface area contributed by atoms with E-state index in [1.54, 1.807) is 18.5 Å². The number of piperidine rings is 2. The summed E-state index contributed by atoms with van der Waals surface area (Å²) < 4.78 is 6.22. The molecule has 0 radical (unpaired) electrons. The van der Waals surface area contributed by atoms with Crippen molar-refractivity contribution in [2.45, 2.75) is 63.5 Å². The standard InChI is InChI=1S/C43H48N10O6/c1-43(10-11-43)59-29-3-5-33-32(20-29)39(48-47-33)34-21-36(45-25-44-34)51-16-14-49(15-17-51)22-27-18-38(55)52(24-27)23-26-8-12-50(13-9-26)28-2-4-30-31(19-28)42(58)53(41(30)57)35-6-7-37(54)46-40(35)56/h2-5,19-21,25-27,35H,6-18,22-24H2,1H3,(H,47,48)(H,46,54,56)/t27-,35?/m1/s1. The normalized spacial score (nSPS) is 23.7. The summed E-state index contributed by atoms with van der Waals surface area (Å²) in [6, 6.07) is 12.4. The molecule has 1 saturated carbocycles. The van der Waals surface area contributed by atoms with Crippen molar-refractivity contribution in [1.29, 1.82) is 0 Å². The SMILES string of the molecule is CC1(Oc2ccc3[nH]nc(-c4cc(N5CCN(C[C@H]6CC(=O)N(CC7CCN(c8ccc9c(c8)C(=O)N(C8CCC(=O)NC8=O)C9=O)CC7)C6)CC5)ncn4)c3c2)CC1. The van der Waals surface area contributed by atoms with Gasteiger partial charge >= 0.3 is 0 Å². The van der Waals surface area contributed by atoms with E-state index in [-0.39, 0.29) is 29.9 Å². The van der Waals surface area contributed by atoms with Gasteiger partial charge in [0.05, 0.1) is 22.3 Å². The Labute approximate surface area is 341 Å². The van der Waals surface area contributed by atoms with Crippen molar-refractivity contribution in [3.05, 3.63) is 59.9 Å². The summed E-state index contributed by atoms with van der Waals surface area (Å²) in [5.74, 6) is 0.640. The maximum Gasteiger partial charge on any atom is 0.262 e. The number of benzene rings is 2. The Balaban J connectivity index is 0.695. The van der Waals surface area contributed by atoms with Crippen molar-refractivity contribution < 1.29 is 28.7 Å². The second-order valence-electron chi connectivity index (χ2n) is 17.4. The lowest BCUT2D eigenvalue weighted by molar-refractivity contribution is -0.136. The van der Waals surface area contributed by atoms with E-state index in [0.29, 0.717) is 23.8 Å². The van der Waals surface area contributed by atoms with Crippen LogP contribution in [0.1, 0.15) is 72.6 Å². The van der Waals surface area contributed by atoms with E-state index < -0.39 is 29.7 Å². The third-order valence-electron chi connectivity index (χ3n) is 13.1. The van der Waals surface area contributed by atoms with E-state index in [0.717, 1.165) is 129 Å². The van der Waals surface area contributed by atoms with E-state index in [1.165, 1.54) is 0 Å². The van der Waals surface area contributed by atoms with Crippen LogP contribution >= 0.6 is 0 Å². The smallest absolute Gasteiger partial charge is 0.262 e. The molecule has 16 nitrogen and oxygen atoms in total. The topological polar surface area (TPSA) is 177 Å². The van der Waals surface area contributed by atoms with Crippen molar-refractivity contribution in [3.63, 3.8) is 0 Å². The van der Waals surface area contributed by atoms with Crippen LogP contribution in [0.3, 0.4) is 0 Å². The second-order valence-corrected chi connectivity index (χ2v) is 17.4. The molecule has 1 aliphatic carbocycles. The molecule has 4 aromatic rings. The number of carbonyl (C=O) groups excluding carboxylic acids is 5. The van der Waals surface area contributed by atoms with Crippen molar-refractivity contribution in [2.24, 2.45) is 11.8 Å². The number of H-pyrrole nitrogens is 1. The first-order valence-electron chi connectivity index (χ1n) is 20.9. The molecule has 2 aromatic carbocycles. The zero-order valence-electron chi connectivity index (χ0n) is 33.2. The van der Waals surface area contributed by atoms with Gasteiger partial charge in [-0.15, -0.1) is 0 Å². The van der Waals surface area contributed by atoms with Crippen molar-refractivity contribution >= 4 is 51.9 Å². The summed E-state index contributed by atoms with van der Waals surface area (Å²) in [4.78, 5) is 83.1. The monoisotopic (exact) mass is 800 g/mol. The van der Waals surface area contributed by atoms with Crippen molar-refractivity contribution in [2.75, 3.05) is 68.7 Å². The highest BCUT2D eigenvalue weighted by atomic mass is 16.5. The van der Waals surface area contributed by atoms with Gasteiger partial charge in [-0.3, -0.25) is 44.2 Å². The van der Waals surface area contributed by atoms with Crippen LogP contribution in [0.5, 0.6) is 5.75 Å². The van der Waals surface area contributed by atoms with Crippen molar-refractivity contribution in [3.8, 4) is 17.1 Å². The number of nitrogens with one attached hydrogen (secondary N) is 2. The van der Waals surface area contributed by atoms with Crippen molar-refractivity contribution in [1.82, 2.24) is 40.2 Å². The number of likely N-dealkylation sites (tertiary alicyclic amines) is 1. The first-order valence-corrected chi connectivity index (χ1v) is 20.9. The maximum atomic E-state index is 13.4. The number of hydrogen-bond donors (Lipinski definition) is 2. The number of nitrogens with zero attached hydrogens (tertiary/aromatic N) is 8. The average molecular weight is 801 g/mol. The summed E-state index contributed by atoms with van der Waals surface area (Å²) in [6.07, 6.45) is 6.38. The fourth-order valence-corrected chi connectivity index (χ4v) is 9.48. The minimum absolute atomic E-state index is 0.0637. The lowest BCUT2D eigenvalue weighted by atomic mass is 9.95. The van der Waals surface area contributed by atoms with Crippen LogP contribution in [0.4, 0.5) is 11.5 Å². The molecule has 2 N–H and O–H groups in total. The van der Waals surface area contributed by atoms with Crippen LogP contribution in [0, 0.1) is 11.8 Å². The molecule has 6 aliphatic rings. The second kappa shape index (κ2) is 14.7. The molecule has 10 rings (SSSR count). The largest absolute Gasteiger partial charge is 0.488 e. The Bertz CT molecular complexity index is 2360. The number of piperazine rings is 1. The van der Waals surface area contributed by atoms with Gasteiger partial charge in [-0.2, -0.15) is 5.10 Å². The highest BCUT2D eigenvalue weighted by molar-refractivity contribution is 6.23. The Morgan fingerprint density at radius 1 is 0.814 bits per heavy atom. The zero-order chi connectivity index (χ0) is 40.4. The number of ether oxygens (including phenoxy) is 1. The van der Waals surface area contributed by atoms with Crippen LogP contribution in [-0.4, -0.2) is 135 Å². The summed E-state index contributed by atoms with van der Waals surface area (Å²) in [7, 11) is 0. The number of hydrogen-bond acceptors (Lipinski definition) is 12. The molecule has 59 heavy (non-hydrogen) atoms. The van der Waals surface area contributed by atoms with Crippen LogP contribution in [-0.2, 0) is 14.4 Å². The molecule has 0 spiro atoms. The van der Waals surface area contributed by atoms with Gasteiger partial charge in [0.15, 0.2) is 0 Å². The number of aromatic nitrogens is 4. The predicted octanol–water partition coefficient (Wildman–Crippen LogP) is 3.24. The fourth-order valence-electron chi connectivity index (χ4n) is 9.48. The average Bonchev–Trinajstić information content (AvgIpc) is 3.52. The highest BCUT2D eigenvalue weighted by Crippen LogP contribution is 2.41. The molecule has 2 atom stereocenters. The summed E-state index contributed by atoms with van der Waals surface area (Å²) in [6.45, 7) is 9.59. The van der Waals surface area contributed by atoms with Crippen LogP contribution in [0.25, 0.3) is 22.3 Å². The van der Waals surface area contributed by atoms with Crippen LogP contribution in [0.15, 0.2) is 48.8 Å². The summed E-state index contributed by atoms with van der Waals surface area (Å²) >= 11 is 0. The molecule has 2 aromatic heterocycles. The molecule has 5 fully saturated rings. The van der Waals surface area contributed by atoms with Gasteiger partial charge in [-0.1, -0.05) is 0 Å². The fraction of sp³-hybridized carbons (Fsp3) is 0.488. The van der Waals surface area contributed by atoms with E-state index in [2.05, 4.69) is 52.0 Å². The summed E-state index contributed by atoms with van der Waals surface area (Å²) in [5, 5.41) is 11.0. The molecular formula is C43H48N10O6. The molecule has 306 valence electrons. The third kappa shape index (κ3) is 7.27. The quantitative estimate of drug-likeness (QED) is 0.224. The van der Waals surface area contributed by atoms with E-state index in [9.17, 15) is 24.0 Å². The Morgan fingerprint density at radius 2 is 1.61 bits per heavy atom. The maximum absolute atomic E-state index is 13.4. The number of amides is 5. The molecule has 5 amide bonds. The molecule has 4 saturated heterocycles. The number of carbonyl (C=O) groups is 5.